The Morgan fingerprint density at radius 3 is 3.00 bits per heavy atom. The van der Waals surface area contributed by atoms with Crippen LogP contribution in [0.4, 0.5) is 5.69 Å². The molecule has 2 heterocycles. The fourth-order valence-corrected chi connectivity index (χ4v) is 3.45. The van der Waals surface area contributed by atoms with E-state index in [1.54, 1.807) is 0 Å². The van der Waals surface area contributed by atoms with E-state index in [0.29, 0.717) is 24.9 Å². The maximum absolute atomic E-state index is 12.1. The second kappa shape index (κ2) is 8.49. The lowest BCUT2D eigenvalue weighted by Crippen LogP contribution is -2.46. The second-order valence-corrected chi connectivity index (χ2v) is 6.71. The van der Waals surface area contributed by atoms with Gasteiger partial charge in [0.25, 0.3) is 0 Å². The van der Waals surface area contributed by atoms with Crippen molar-refractivity contribution in [1.29, 1.82) is 0 Å². The predicted octanol–water partition coefficient (Wildman–Crippen LogP) is 2.18. The molecular weight excluding hydrogens is 326 g/mol. The summed E-state index contributed by atoms with van der Waals surface area (Å²) in [6.07, 6.45) is 4.77. The first kappa shape index (κ1) is 18.7. The standard InChI is InChI=1S/C18H25N3O2.ClH/c1-12-9-15(7-8-19-12)20-17(22)4-2-3-13-5-6-16-14(10-13)11-18(23)21-16;/h5-6,10,12,15,19H,2-4,7-9,11H2,1H3,(H,20,22)(H,21,23);1H. The Labute approximate surface area is 149 Å². The third-order valence-electron chi connectivity index (χ3n) is 4.65. The summed E-state index contributed by atoms with van der Waals surface area (Å²) in [4.78, 5) is 23.4. The molecule has 1 aromatic carbocycles. The highest BCUT2D eigenvalue weighted by Crippen LogP contribution is 2.24. The smallest absolute Gasteiger partial charge is 0.228 e. The van der Waals surface area contributed by atoms with Crippen molar-refractivity contribution in [3.63, 3.8) is 0 Å². The summed E-state index contributed by atoms with van der Waals surface area (Å²) in [6, 6.07) is 6.88. The van der Waals surface area contributed by atoms with Crippen molar-refractivity contribution in [3.05, 3.63) is 29.3 Å². The number of hydrogen-bond acceptors (Lipinski definition) is 3. The molecule has 0 saturated carbocycles. The minimum absolute atomic E-state index is 0. The van der Waals surface area contributed by atoms with Gasteiger partial charge in [0.2, 0.25) is 11.8 Å². The first-order chi connectivity index (χ1) is 11.1. The van der Waals surface area contributed by atoms with E-state index in [4.69, 9.17) is 0 Å². The van der Waals surface area contributed by atoms with Gasteiger partial charge in [0.05, 0.1) is 6.42 Å². The van der Waals surface area contributed by atoms with Crippen LogP contribution in [0, 0.1) is 0 Å². The molecule has 1 aromatic rings. The fraction of sp³-hybridized carbons (Fsp3) is 0.556. The average molecular weight is 352 g/mol. The first-order valence-electron chi connectivity index (χ1n) is 8.54. The van der Waals surface area contributed by atoms with Crippen LogP contribution in [-0.4, -0.2) is 30.4 Å². The first-order valence-corrected chi connectivity index (χ1v) is 8.54. The van der Waals surface area contributed by atoms with Gasteiger partial charge in [0.1, 0.15) is 0 Å². The largest absolute Gasteiger partial charge is 0.353 e. The molecule has 2 atom stereocenters. The van der Waals surface area contributed by atoms with E-state index in [-0.39, 0.29) is 24.2 Å². The Kier molecular flexibility index (Phi) is 6.63. The van der Waals surface area contributed by atoms with Crippen molar-refractivity contribution in [2.24, 2.45) is 0 Å². The number of amides is 2. The monoisotopic (exact) mass is 351 g/mol. The summed E-state index contributed by atoms with van der Waals surface area (Å²) in [7, 11) is 0. The van der Waals surface area contributed by atoms with Gasteiger partial charge in [-0.1, -0.05) is 12.1 Å². The number of anilines is 1. The minimum atomic E-state index is 0. The molecule has 24 heavy (non-hydrogen) atoms. The van der Waals surface area contributed by atoms with E-state index >= 15 is 0 Å². The van der Waals surface area contributed by atoms with Crippen LogP contribution in [-0.2, 0) is 22.4 Å². The van der Waals surface area contributed by atoms with Gasteiger partial charge in [-0.3, -0.25) is 9.59 Å². The predicted molar refractivity (Wildman–Crippen MR) is 97.6 cm³/mol. The quantitative estimate of drug-likeness (QED) is 0.761. The Morgan fingerprint density at radius 2 is 2.21 bits per heavy atom. The van der Waals surface area contributed by atoms with E-state index < -0.39 is 0 Å². The summed E-state index contributed by atoms with van der Waals surface area (Å²) in [5.74, 6) is 0.217. The molecule has 0 aliphatic carbocycles. The van der Waals surface area contributed by atoms with Gasteiger partial charge in [0, 0.05) is 24.2 Å². The number of carbonyl (C=O) groups excluding carboxylic acids is 2. The molecule has 3 rings (SSSR count). The Bertz CT molecular complexity index is 606. The van der Waals surface area contributed by atoms with Gasteiger partial charge >= 0.3 is 0 Å². The maximum Gasteiger partial charge on any atom is 0.228 e. The van der Waals surface area contributed by atoms with E-state index in [1.165, 1.54) is 5.56 Å². The number of halogens is 1. The van der Waals surface area contributed by atoms with E-state index in [1.807, 2.05) is 12.1 Å². The summed E-state index contributed by atoms with van der Waals surface area (Å²) in [5, 5.41) is 9.38. The fourth-order valence-electron chi connectivity index (χ4n) is 3.45. The number of nitrogens with one attached hydrogen (secondary N) is 3. The number of carbonyl (C=O) groups is 2. The zero-order chi connectivity index (χ0) is 16.2. The Hall–Kier alpha value is -1.59. The van der Waals surface area contributed by atoms with Crippen molar-refractivity contribution < 1.29 is 9.59 Å². The van der Waals surface area contributed by atoms with Crippen LogP contribution in [0.25, 0.3) is 0 Å². The molecular formula is C18H26ClN3O2. The number of piperidine rings is 1. The molecule has 6 heteroatoms. The second-order valence-electron chi connectivity index (χ2n) is 6.71. The highest BCUT2D eigenvalue weighted by molar-refractivity contribution is 5.99. The van der Waals surface area contributed by atoms with Crippen molar-refractivity contribution in [1.82, 2.24) is 10.6 Å². The summed E-state index contributed by atoms with van der Waals surface area (Å²) in [6.45, 7) is 3.14. The molecule has 2 aliphatic rings. The molecule has 132 valence electrons. The molecule has 3 N–H and O–H groups in total. The van der Waals surface area contributed by atoms with Crippen LogP contribution in [0.1, 0.15) is 43.7 Å². The van der Waals surface area contributed by atoms with Gasteiger partial charge < -0.3 is 16.0 Å². The highest BCUT2D eigenvalue weighted by atomic mass is 35.5. The van der Waals surface area contributed by atoms with E-state index in [9.17, 15) is 9.59 Å². The molecule has 0 aromatic heterocycles. The molecule has 2 amide bonds. The topological polar surface area (TPSA) is 70.2 Å². The Balaban J connectivity index is 0.00000208. The normalized spacial score (nSPS) is 22.3. The molecule has 1 saturated heterocycles. The lowest BCUT2D eigenvalue weighted by molar-refractivity contribution is -0.122. The van der Waals surface area contributed by atoms with Gasteiger partial charge in [0.15, 0.2) is 0 Å². The van der Waals surface area contributed by atoms with E-state index in [0.717, 1.165) is 43.5 Å². The molecule has 5 nitrogen and oxygen atoms in total. The van der Waals surface area contributed by atoms with Crippen molar-refractivity contribution in [2.45, 2.75) is 57.5 Å². The third-order valence-corrected chi connectivity index (χ3v) is 4.65. The van der Waals surface area contributed by atoms with Crippen LogP contribution in [0.15, 0.2) is 18.2 Å². The zero-order valence-corrected chi connectivity index (χ0v) is 14.9. The van der Waals surface area contributed by atoms with Gasteiger partial charge in [-0.25, -0.2) is 0 Å². The number of rotatable bonds is 5. The summed E-state index contributed by atoms with van der Waals surface area (Å²) in [5.41, 5.74) is 3.20. The van der Waals surface area contributed by atoms with Crippen molar-refractivity contribution in [3.8, 4) is 0 Å². The highest BCUT2D eigenvalue weighted by Gasteiger charge is 2.20. The summed E-state index contributed by atoms with van der Waals surface area (Å²) < 4.78 is 0. The Morgan fingerprint density at radius 1 is 1.38 bits per heavy atom. The number of hydrogen-bond donors (Lipinski definition) is 3. The van der Waals surface area contributed by atoms with E-state index in [2.05, 4.69) is 28.9 Å². The molecule has 0 bridgehead atoms. The molecule has 0 spiro atoms. The number of fused-ring (bicyclic) bond motifs is 1. The van der Waals surface area contributed by atoms with Crippen LogP contribution < -0.4 is 16.0 Å². The van der Waals surface area contributed by atoms with Crippen molar-refractivity contribution >= 4 is 29.9 Å². The van der Waals surface area contributed by atoms with Crippen LogP contribution in [0.3, 0.4) is 0 Å². The minimum Gasteiger partial charge on any atom is -0.353 e. The lowest BCUT2D eigenvalue weighted by atomic mass is 10.00. The number of benzene rings is 1. The molecule has 0 radical (unpaired) electrons. The van der Waals surface area contributed by atoms with Crippen LogP contribution in [0.5, 0.6) is 0 Å². The average Bonchev–Trinajstić information content (AvgIpc) is 2.86. The SMILES string of the molecule is CC1CC(NC(=O)CCCc2ccc3c(c2)CC(=O)N3)CCN1.Cl. The van der Waals surface area contributed by atoms with Gasteiger partial charge in [-0.2, -0.15) is 0 Å². The lowest BCUT2D eigenvalue weighted by Gasteiger charge is -2.28. The van der Waals surface area contributed by atoms with Crippen molar-refractivity contribution in [2.75, 3.05) is 11.9 Å². The number of aryl methyl sites for hydroxylation is 1. The van der Waals surface area contributed by atoms with Gasteiger partial charge in [-0.05, 0) is 56.3 Å². The van der Waals surface area contributed by atoms with Gasteiger partial charge in [-0.15, -0.1) is 12.4 Å². The third kappa shape index (κ3) is 4.95. The maximum atomic E-state index is 12.1. The molecule has 1 fully saturated rings. The zero-order valence-electron chi connectivity index (χ0n) is 14.1. The molecule has 2 aliphatic heterocycles. The van der Waals surface area contributed by atoms with Crippen LogP contribution in [0.2, 0.25) is 0 Å². The van der Waals surface area contributed by atoms with Crippen LogP contribution >= 0.6 is 12.4 Å². The summed E-state index contributed by atoms with van der Waals surface area (Å²) >= 11 is 0. The molecule has 2 unspecified atom stereocenters.